The lowest BCUT2D eigenvalue weighted by Gasteiger charge is -2.51. The van der Waals surface area contributed by atoms with E-state index >= 15 is 0 Å². The van der Waals surface area contributed by atoms with Gasteiger partial charge < -0.3 is 0 Å². The van der Waals surface area contributed by atoms with Gasteiger partial charge in [0.2, 0.25) is 0 Å². The van der Waals surface area contributed by atoms with Crippen LogP contribution in [-0.2, 0) is 4.79 Å². The predicted molar refractivity (Wildman–Crippen MR) is 62.6 cm³/mol. The number of rotatable bonds is 0. The van der Waals surface area contributed by atoms with Crippen LogP contribution in [0.1, 0.15) is 53.4 Å². The lowest BCUT2D eigenvalue weighted by Crippen LogP contribution is -2.44. The molecule has 0 amide bonds. The normalized spacial score (nSPS) is 39.6. The molecule has 84 valence electrons. The monoisotopic (exact) mass is 206 g/mol. The number of hydrogen-bond acceptors (Lipinski definition) is 1. The molecule has 0 aromatic carbocycles. The Bertz CT molecular complexity index is 324. The van der Waals surface area contributed by atoms with Gasteiger partial charge in [-0.3, -0.25) is 4.79 Å². The Balaban J connectivity index is 2.41. The van der Waals surface area contributed by atoms with Gasteiger partial charge in [0.15, 0.2) is 5.78 Å². The van der Waals surface area contributed by atoms with Gasteiger partial charge in [0.25, 0.3) is 0 Å². The molecule has 2 atom stereocenters. The van der Waals surface area contributed by atoms with Crippen LogP contribution >= 0.6 is 0 Å². The van der Waals surface area contributed by atoms with Crippen LogP contribution in [0.5, 0.6) is 0 Å². The summed E-state index contributed by atoms with van der Waals surface area (Å²) in [7, 11) is 0. The van der Waals surface area contributed by atoms with Gasteiger partial charge in [0, 0.05) is 6.42 Å². The molecule has 1 fully saturated rings. The molecule has 2 aliphatic rings. The largest absolute Gasteiger partial charge is 0.295 e. The van der Waals surface area contributed by atoms with Crippen LogP contribution < -0.4 is 0 Å². The highest BCUT2D eigenvalue weighted by Gasteiger charge is 2.48. The quantitative estimate of drug-likeness (QED) is 0.590. The van der Waals surface area contributed by atoms with Crippen LogP contribution in [-0.4, -0.2) is 5.78 Å². The molecule has 1 nitrogen and oxygen atoms in total. The molecule has 0 aromatic heterocycles. The van der Waals surface area contributed by atoms with Gasteiger partial charge in [-0.1, -0.05) is 33.3 Å². The molecule has 15 heavy (non-hydrogen) atoms. The number of carbonyl (C=O) groups is 1. The number of carbonyl (C=O) groups excluding carboxylic acids is 1. The highest BCUT2D eigenvalue weighted by Crippen LogP contribution is 2.55. The standard InChI is InChI=1S/C14H22O/c1-10-9-14(4)7-5-6-13(2,3)12(14)8-11(10)15/h9,12H,5-8H2,1-4H3/t12?,14-/m1/s1. The molecule has 0 heterocycles. The van der Waals surface area contributed by atoms with Crippen molar-refractivity contribution in [1.29, 1.82) is 0 Å². The number of ketones is 1. The van der Waals surface area contributed by atoms with Crippen molar-refractivity contribution < 1.29 is 4.79 Å². The average molecular weight is 206 g/mol. The maximum Gasteiger partial charge on any atom is 0.158 e. The molecule has 2 rings (SSSR count). The third-order valence-corrected chi connectivity index (χ3v) is 4.65. The summed E-state index contributed by atoms with van der Waals surface area (Å²) in [5.74, 6) is 0.919. The molecule has 0 aromatic rings. The topological polar surface area (TPSA) is 17.1 Å². The van der Waals surface area contributed by atoms with Crippen molar-refractivity contribution in [3.63, 3.8) is 0 Å². The van der Waals surface area contributed by atoms with E-state index in [0.29, 0.717) is 17.1 Å². The minimum atomic E-state index is 0.278. The van der Waals surface area contributed by atoms with Crippen LogP contribution in [0.3, 0.4) is 0 Å². The van der Waals surface area contributed by atoms with Gasteiger partial charge >= 0.3 is 0 Å². The van der Waals surface area contributed by atoms with Crippen LogP contribution in [0.15, 0.2) is 11.6 Å². The summed E-state index contributed by atoms with van der Waals surface area (Å²) in [4.78, 5) is 11.8. The Morgan fingerprint density at radius 3 is 2.60 bits per heavy atom. The number of allylic oxidation sites excluding steroid dienone is 2. The van der Waals surface area contributed by atoms with E-state index < -0.39 is 0 Å². The molecule has 0 aliphatic heterocycles. The van der Waals surface area contributed by atoms with E-state index in [1.807, 2.05) is 6.92 Å². The Morgan fingerprint density at radius 2 is 1.93 bits per heavy atom. The molecule has 0 radical (unpaired) electrons. The van der Waals surface area contributed by atoms with Crippen molar-refractivity contribution in [1.82, 2.24) is 0 Å². The average Bonchev–Trinajstić information content (AvgIpc) is 2.09. The second-order valence-corrected chi connectivity index (χ2v) is 6.36. The molecule has 1 unspecified atom stereocenters. The van der Waals surface area contributed by atoms with Gasteiger partial charge in [-0.25, -0.2) is 0 Å². The Hall–Kier alpha value is -0.590. The Morgan fingerprint density at radius 1 is 1.27 bits per heavy atom. The second kappa shape index (κ2) is 3.20. The van der Waals surface area contributed by atoms with E-state index in [9.17, 15) is 4.79 Å². The van der Waals surface area contributed by atoms with Crippen molar-refractivity contribution >= 4 is 5.78 Å². The molecule has 0 bridgehead atoms. The van der Waals surface area contributed by atoms with Crippen molar-refractivity contribution in [3.05, 3.63) is 11.6 Å². The maximum absolute atomic E-state index is 11.8. The van der Waals surface area contributed by atoms with E-state index in [2.05, 4.69) is 26.8 Å². The molecule has 2 aliphatic carbocycles. The fourth-order valence-corrected chi connectivity index (χ4v) is 3.77. The molecular weight excluding hydrogens is 184 g/mol. The van der Waals surface area contributed by atoms with Crippen LogP contribution in [0, 0.1) is 16.7 Å². The van der Waals surface area contributed by atoms with E-state index in [4.69, 9.17) is 0 Å². The van der Waals surface area contributed by atoms with Gasteiger partial charge in [0.1, 0.15) is 0 Å². The minimum Gasteiger partial charge on any atom is -0.295 e. The summed E-state index contributed by atoms with van der Waals surface area (Å²) in [6, 6.07) is 0. The van der Waals surface area contributed by atoms with Gasteiger partial charge in [-0.05, 0) is 42.1 Å². The summed E-state index contributed by atoms with van der Waals surface area (Å²) in [6.45, 7) is 8.98. The van der Waals surface area contributed by atoms with E-state index in [0.717, 1.165) is 12.0 Å². The summed E-state index contributed by atoms with van der Waals surface area (Å²) in [6.07, 6.45) is 6.85. The minimum absolute atomic E-state index is 0.278. The van der Waals surface area contributed by atoms with E-state index in [1.165, 1.54) is 19.3 Å². The fourth-order valence-electron chi connectivity index (χ4n) is 3.77. The maximum atomic E-state index is 11.8. The Kier molecular flexibility index (Phi) is 2.33. The van der Waals surface area contributed by atoms with Gasteiger partial charge in [0.05, 0.1) is 0 Å². The fraction of sp³-hybridized carbons (Fsp3) is 0.786. The third-order valence-electron chi connectivity index (χ3n) is 4.65. The van der Waals surface area contributed by atoms with Gasteiger partial charge in [-0.15, -0.1) is 0 Å². The summed E-state index contributed by atoms with van der Waals surface area (Å²) < 4.78 is 0. The van der Waals surface area contributed by atoms with E-state index in [-0.39, 0.29) is 5.41 Å². The van der Waals surface area contributed by atoms with Crippen LogP contribution in [0.4, 0.5) is 0 Å². The van der Waals surface area contributed by atoms with Crippen molar-refractivity contribution in [2.24, 2.45) is 16.7 Å². The highest BCUT2D eigenvalue weighted by molar-refractivity contribution is 5.96. The molecule has 0 N–H and O–H groups in total. The highest BCUT2D eigenvalue weighted by atomic mass is 16.1. The lowest BCUT2D eigenvalue weighted by atomic mass is 9.53. The summed E-state index contributed by atoms with van der Waals surface area (Å²) in [5.41, 5.74) is 1.60. The van der Waals surface area contributed by atoms with Gasteiger partial charge in [-0.2, -0.15) is 0 Å². The van der Waals surface area contributed by atoms with Crippen molar-refractivity contribution in [2.45, 2.75) is 53.4 Å². The molecule has 0 spiro atoms. The second-order valence-electron chi connectivity index (χ2n) is 6.36. The number of Topliss-reactive ketones (excluding diaryl/α,β-unsaturated/α-hetero) is 1. The first-order valence-corrected chi connectivity index (χ1v) is 6.08. The predicted octanol–water partition coefficient (Wildman–Crippen LogP) is 3.74. The number of hydrogen-bond donors (Lipinski definition) is 0. The molecule has 0 saturated heterocycles. The number of fused-ring (bicyclic) bond motifs is 1. The lowest BCUT2D eigenvalue weighted by molar-refractivity contribution is -0.121. The smallest absolute Gasteiger partial charge is 0.158 e. The van der Waals surface area contributed by atoms with E-state index in [1.54, 1.807) is 0 Å². The zero-order valence-electron chi connectivity index (χ0n) is 10.4. The first kappa shape index (κ1) is 10.9. The Labute approximate surface area is 92.9 Å². The van der Waals surface area contributed by atoms with Crippen molar-refractivity contribution in [3.8, 4) is 0 Å². The van der Waals surface area contributed by atoms with Crippen molar-refractivity contribution in [2.75, 3.05) is 0 Å². The zero-order valence-corrected chi connectivity index (χ0v) is 10.4. The SMILES string of the molecule is CC1=C[C@@]2(C)CCCC(C)(C)C2CC1=O. The third kappa shape index (κ3) is 1.66. The molecule has 1 saturated carbocycles. The summed E-state index contributed by atoms with van der Waals surface area (Å²) in [5, 5.41) is 0. The first-order chi connectivity index (χ1) is 6.85. The van der Waals surface area contributed by atoms with Crippen LogP contribution in [0.25, 0.3) is 0 Å². The van der Waals surface area contributed by atoms with Crippen LogP contribution in [0.2, 0.25) is 0 Å². The first-order valence-electron chi connectivity index (χ1n) is 6.08. The molecule has 1 heteroatoms. The molecular formula is C14H22O. The summed E-state index contributed by atoms with van der Waals surface area (Å²) >= 11 is 0. The zero-order chi connectivity index (χ0) is 11.3.